The number of nitrogens with one attached hydrogen (secondary N) is 1. The Bertz CT molecular complexity index is 1260. The number of hydrogen-bond acceptors (Lipinski definition) is 6. The highest BCUT2D eigenvalue weighted by Crippen LogP contribution is 2.31. The summed E-state index contributed by atoms with van der Waals surface area (Å²) < 4.78 is 11.6. The minimum absolute atomic E-state index is 0.0409. The van der Waals surface area contributed by atoms with E-state index in [-0.39, 0.29) is 18.2 Å². The van der Waals surface area contributed by atoms with E-state index in [1.54, 1.807) is 50.4 Å². The van der Waals surface area contributed by atoms with Gasteiger partial charge >= 0.3 is 0 Å². The van der Waals surface area contributed by atoms with Crippen molar-refractivity contribution in [3.05, 3.63) is 78.1 Å². The number of aromatic nitrogens is 1. The molecule has 0 spiro atoms. The van der Waals surface area contributed by atoms with Gasteiger partial charge in [-0.05, 0) is 43.3 Å². The van der Waals surface area contributed by atoms with Crippen molar-refractivity contribution in [2.45, 2.75) is 19.1 Å². The van der Waals surface area contributed by atoms with Crippen LogP contribution in [0.15, 0.2) is 66.9 Å². The lowest BCUT2D eigenvalue weighted by Gasteiger charge is -2.20. The number of pyridine rings is 1. The summed E-state index contributed by atoms with van der Waals surface area (Å²) in [4.78, 5) is 31.5. The third-order valence-corrected chi connectivity index (χ3v) is 5.03. The molecule has 2 aromatic carbocycles. The van der Waals surface area contributed by atoms with E-state index >= 15 is 0 Å². The van der Waals surface area contributed by atoms with Crippen molar-refractivity contribution in [2.24, 2.45) is 0 Å². The molecule has 0 bridgehead atoms. The van der Waals surface area contributed by atoms with Gasteiger partial charge in [-0.2, -0.15) is 0 Å². The van der Waals surface area contributed by atoms with Gasteiger partial charge in [0.05, 0.1) is 5.69 Å². The highest BCUT2D eigenvalue weighted by molar-refractivity contribution is 6.03. The second-order valence-electron chi connectivity index (χ2n) is 7.65. The number of aliphatic hydroxyl groups excluding tert-OH is 1. The van der Waals surface area contributed by atoms with Crippen molar-refractivity contribution in [3.8, 4) is 29.1 Å². The molecule has 1 aliphatic rings. The largest absolute Gasteiger partial charge is 0.489 e. The number of benzene rings is 2. The Morgan fingerprint density at radius 1 is 1.21 bits per heavy atom. The third-order valence-electron chi connectivity index (χ3n) is 5.03. The summed E-state index contributed by atoms with van der Waals surface area (Å²) in [6, 6.07) is 16.6. The van der Waals surface area contributed by atoms with Crippen LogP contribution in [-0.4, -0.2) is 47.7 Å². The second-order valence-corrected chi connectivity index (χ2v) is 7.65. The van der Waals surface area contributed by atoms with Crippen molar-refractivity contribution >= 4 is 17.5 Å². The first kappa shape index (κ1) is 22.8. The van der Waals surface area contributed by atoms with Gasteiger partial charge in [0.1, 0.15) is 41.7 Å². The van der Waals surface area contributed by atoms with Crippen LogP contribution in [0, 0.1) is 11.8 Å². The van der Waals surface area contributed by atoms with Gasteiger partial charge in [-0.3, -0.25) is 14.6 Å². The number of aliphatic hydroxyl groups is 1. The van der Waals surface area contributed by atoms with Crippen LogP contribution in [-0.2, 0) is 4.79 Å². The van der Waals surface area contributed by atoms with Crippen molar-refractivity contribution in [3.63, 3.8) is 0 Å². The van der Waals surface area contributed by atoms with Gasteiger partial charge in [0.25, 0.3) is 11.8 Å². The van der Waals surface area contributed by atoms with Gasteiger partial charge in [0.2, 0.25) is 0 Å². The lowest BCUT2D eigenvalue weighted by Crippen LogP contribution is -2.49. The normalized spacial score (nSPS) is 15.7. The van der Waals surface area contributed by atoms with E-state index in [0.29, 0.717) is 28.5 Å². The molecule has 0 saturated heterocycles. The van der Waals surface area contributed by atoms with E-state index in [0.717, 1.165) is 0 Å². The maximum Gasteiger partial charge on any atom is 0.270 e. The topological polar surface area (TPSA) is 101 Å². The molecule has 3 aromatic rings. The molecule has 2 N–H and O–H groups in total. The Balaban J connectivity index is 1.48. The fourth-order valence-electron chi connectivity index (χ4n) is 3.32. The molecule has 2 atom stereocenters. The van der Waals surface area contributed by atoms with Crippen LogP contribution in [0.3, 0.4) is 0 Å². The number of likely N-dealkylation sites (N-methyl/N-ethyl adjacent to an activating group) is 1. The summed E-state index contributed by atoms with van der Waals surface area (Å²) in [5.74, 6) is 6.23. The number of ether oxygens (including phenoxy) is 2. The highest BCUT2D eigenvalue weighted by Gasteiger charge is 2.31. The lowest BCUT2D eigenvalue weighted by molar-refractivity contribution is -0.120. The monoisotopic (exact) mass is 457 g/mol. The number of carbonyl (C=O) groups is 2. The van der Waals surface area contributed by atoms with Gasteiger partial charge in [0.15, 0.2) is 0 Å². The van der Waals surface area contributed by atoms with E-state index in [2.05, 4.69) is 22.1 Å². The fourth-order valence-corrected chi connectivity index (χ4v) is 3.32. The van der Waals surface area contributed by atoms with Gasteiger partial charge in [-0.15, -0.1) is 0 Å². The van der Waals surface area contributed by atoms with Crippen LogP contribution in [0.25, 0.3) is 0 Å². The smallest absolute Gasteiger partial charge is 0.270 e. The molecule has 2 heterocycles. The van der Waals surface area contributed by atoms with Crippen molar-refractivity contribution in [1.29, 1.82) is 0 Å². The van der Waals surface area contributed by atoms with E-state index in [4.69, 9.17) is 9.47 Å². The first-order chi connectivity index (χ1) is 16.4. The first-order valence-corrected chi connectivity index (χ1v) is 10.6. The van der Waals surface area contributed by atoms with Crippen LogP contribution >= 0.6 is 0 Å². The molecule has 8 nitrogen and oxygen atoms in total. The van der Waals surface area contributed by atoms with Gasteiger partial charge in [-0.25, -0.2) is 0 Å². The SMILES string of the molecule is CC(O)C#Cc1ccc2c(c1)N(C)C(=O)C(NC(=O)c1cc(Oc3ccccc3)ccn1)CO2. The lowest BCUT2D eigenvalue weighted by atomic mass is 10.1. The molecule has 172 valence electrons. The summed E-state index contributed by atoms with van der Waals surface area (Å²) >= 11 is 0. The predicted octanol–water partition coefficient (Wildman–Crippen LogP) is 2.76. The number of para-hydroxylation sites is 1. The maximum absolute atomic E-state index is 13.1. The second kappa shape index (κ2) is 10.1. The number of nitrogens with zero attached hydrogens (tertiary/aromatic N) is 2. The van der Waals surface area contributed by atoms with E-state index < -0.39 is 18.1 Å². The Hall–Kier alpha value is -4.35. The van der Waals surface area contributed by atoms with Crippen LogP contribution in [0.2, 0.25) is 0 Å². The Kier molecular flexibility index (Phi) is 6.76. The molecular formula is C26H23N3O5. The molecule has 34 heavy (non-hydrogen) atoms. The Morgan fingerprint density at radius 2 is 2.00 bits per heavy atom. The molecule has 0 aliphatic carbocycles. The third kappa shape index (κ3) is 5.34. The molecule has 2 amide bonds. The summed E-state index contributed by atoms with van der Waals surface area (Å²) in [5.41, 5.74) is 1.27. The maximum atomic E-state index is 13.1. The van der Waals surface area contributed by atoms with Gasteiger partial charge < -0.3 is 24.8 Å². The molecule has 0 radical (unpaired) electrons. The first-order valence-electron chi connectivity index (χ1n) is 10.6. The molecule has 1 aliphatic heterocycles. The predicted molar refractivity (Wildman–Crippen MR) is 126 cm³/mol. The zero-order valence-electron chi connectivity index (χ0n) is 18.7. The van der Waals surface area contributed by atoms with Gasteiger partial charge in [-0.1, -0.05) is 30.0 Å². The number of amides is 2. The summed E-state index contributed by atoms with van der Waals surface area (Å²) in [7, 11) is 1.60. The van der Waals surface area contributed by atoms with Crippen LogP contribution in [0.5, 0.6) is 17.2 Å². The molecule has 0 saturated carbocycles. The van der Waals surface area contributed by atoms with Gasteiger partial charge in [0, 0.05) is 24.9 Å². The molecule has 0 fully saturated rings. The standard InChI is InChI=1S/C26H23N3O5/c1-17(30)8-9-18-10-11-24-23(14-18)29(2)26(32)22(16-33-24)28-25(31)21-15-20(12-13-27-21)34-19-6-4-3-5-7-19/h3-7,10-15,17,22,30H,16H2,1-2H3,(H,28,31). The molecule has 8 heteroatoms. The van der Waals surface area contributed by atoms with Crippen molar-refractivity contribution in [1.82, 2.24) is 10.3 Å². The summed E-state index contributed by atoms with van der Waals surface area (Å²) in [6.07, 6.45) is 0.704. The average Bonchev–Trinajstić information content (AvgIpc) is 2.95. The number of hydrogen-bond donors (Lipinski definition) is 2. The van der Waals surface area contributed by atoms with E-state index in [1.807, 2.05) is 18.2 Å². The minimum Gasteiger partial charge on any atom is -0.489 e. The molecule has 2 unspecified atom stereocenters. The van der Waals surface area contributed by atoms with Crippen molar-refractivity contribution < 1.29 is 24.2 Å². The zero-order chi connectivity index (χ0) is 24.1. The summed E-state index contributed by atoms with van der Waals surface area (Å²) in [5, 5.41) is 12.1. The quantitative estimate of drug-likeness (QED) is 0.585. The van der Waals surface area contributed by atoms with Crippen molar-refractivity contribution in [2.75, 3.05) is 18.6 Å². The zero-order valence-corrected chi connectivity index (χ0v) is 18.7. The number of rotatable bonds is 4. The van der Waals surface area contributed by atoms with E-state index in [9.17, 15) is 14.7 Å². The molecular weight excluding hydrogens is 434 g/mol. The minimum atomic E-state index is -0.919. The number of anilines is 1. The van der Waals surface area contributed by atoms with Crippen LogP contribution < -0.4 is 19.7 Å². The number of carbonyl (C=O) groups excluding carboxylic acids is 2. The Morgan fingerprint density at radius 3 is 2.76 bits per heavy atom. The Labute approximate surface area is 197 Å². The molecule has 1 aromatic heterocycles. The van der Waals surface area contributed by atoms with Crippen LogP contribution in [0.1, 0.15) is 23.0 Å². The highest BCUT2D eigenvalue weighted by atomic mass is 16.5. The van der Waals surface area contributed by atoms with E-state index in [1.165, 1.54) is 17.2 Å². The number of fused-ring (bicyclic) bond motifs is 1. The fraction of sp³-hybridized carbons (Fsp3) is 0.192. The summed E-state index contributed by atoms with van der Waals surface area (Å²) in [6.45, 7) is 1.53. The average molecular weight is 457 g/mol. The van der Waals surface area contributed by atoms with Crippen LogP contribution in [0.4, 0.5) is 5.69 Å². The molecule has 4 rings (SSSR count).